The van der Waals surface area contributed by atoms with Crippen molar-refractivity contribution in [2.24, 2.45) is 4.99 Å². The van der Waals surface area contributed by atoms with Crippen molar-refractivity contribution in [2.75, 3.05) is 11.9 Å². The third kappa shape index (κ3) is 5.86. The maximum atomic E-state index is 12.3. The van der Waals surface area contributed by atoms with E-state index in [0.29, 0.717) is 15.8 Å². The van der Waals surface area contributed by atoms with E-state index in [0.717, 1.165) is 22.5 Å². The molecular formula is C25H21N3O3S. The molecule has 32 heavy (non-hydrogen) atoms. The number of amides is 2. The fourth-order valence-electron chi connectivity index (χ4n) is 2.93. The largest absolute Gasteiger partial charge is 0.484 e. The smallest absolute Gasteiger partial charge is 0.264 e. The Kier molecular flexibility index (Phi) is 6.67. The summed E-state index contributed by atoms with van der Waals surface area (Å²) in [5.74, 6) is 0.0959. The minimum atomic E-state index is -0.245. The van der Waals surface area contributed by atoms with Crippen molar-refractivity contribution in [1.82, 2.24) is 5.32 Å². The second-order valence-electron chi connectivity index (χ2n) is 7.09. The van der Waals surface area contributed by atoms with Crippen molar-refractivity contribution in [3.8, 4) is 5.75 Å². The Labute approximate surface area is 190 Å². The molecule has 2 amide bonds. The molecule has 0 unspecified atom stereocenters. The summed E-state index contributed by atoms with van der Waals surface area (Å²) in [6.45, 7) is 1.87. The van der Waals surface area contributed by atoms with Crippen LogP contribution in [0.3, 0.4) is 0 Å². The van der Waals surface area contributed by atoms with E-state index in [2.05, 4.69) is 15.6 Å². The number of ether oxygens (including phenoxy) is 1. The summed E-state index contributed by atoms with van der Waals surface area (Å²) in [4.78, 5) is 29.4. The Hall–Kier alpha value is -3.84. The van der Waals surface area contributed by atoms with Crippen LogP contribution in [0.25, 0.3) is 6.08 Å². The Morgan fingerprint density at radius 2 is 1.84 bits per heavy atom. The first kappa shape index (κ1) is 21.4. The lowest BCUT2D eigenvalue weighted by molar-refractivity contribution is -0.118. The number of nitrogens with one attached hydrogen (secondary N) is 2. The molecule has 1 aliphatic rings. The number of hydrogen-bond acceptors (Lipinski definition) is 5. The van der Waals surface area contributed by atoms with Crippen LogP contribution in [0.15, 0.2) is 88.8 Å². The van der Waals surface area contributed by atoms with E-state index in [1.165, 1.54) is 11.8 Å². The Morgan fingerprint density at radius 3 is 2.62 bits per heavy atom. The molecule has 0 atom stereocenters. The van der Waals surface area contributed by atoms with Crippen molar-refractivity contribution >= 4 is 46.2 Å². The molecule has 160 valence electrons. The topological polar surface area (TPSA) is 79.8 Å². The Balaban J connectivity index is 1.37. The third-order valence-corrected chi connectivity index (χ3v) is 5.41. The van der Waals surface area contributed by atoms with Crippen LogP contribution in [0.5, 0.6) is 5.75 Å². The molecule has 0 aromatic heterocycles. The normalized spacial score (nSPS) is 15.6. The molecular weight excluding hydrogens is 422 g/mol. The minimum Gasteiger partial charge on any atom is -0.484 e. The average Bonchev–Trinajstić information content (AvgIpc) is 3.13. The molecule has 0 bridgehead atoms. The molecule has 4 rings (SSSR count). The van der Waals surface area contributed by atoms with Crippen molar-refractivity contribution in [3.05, 3.63) is 94.9 Å². The summed E-state index contributed by atoms with van der Waals surface area (Å²) in [6, 6.07) is 24.2. The van der Waals surface area contributed by atoms with Crippen LogP contribution in [-0.2, 0) is 9.59 Å². The number of rotatable bonds is 6. The maximum absolute atomic E-state index is 12.3. The fourth-order valence-corrected chi connectivity index (χ4v) is 3.77. The zero-order valence-electron chi connectivity index (χ0n) is 17.4. The van der Waals surface area contributed by atoms with Crippen LogP contribution in [0.4, 0.5) is 11.4 Å². The van der Waals surface area contributed by atoms with Gasteiger partial charge in [-0.1, -0.05) is 48.0 Å². The minimum absolute atomic E-state index is 0.114. The highest BCUT2D eigenvalue weighted by atomic mass is 32.2. The van der Waals surface area contributed by atoms with Gasteiger partial charge >= 0.3 is 0 Å². The lowest BCUT2D eigenvalue weighted by atomic mass is 10.2. The predicted molar refractivity (Wildman–Crippen MR) is 129 cm³/mol. The average molecular weight is 444 g/mol. The van der Waals surface area contributed by atoms with E-state index < -0.39 is 0 Å². The summed E-state index contributed by atoms with van der Waals surface area (Å²) in [6.07, 6.45) is 1.77. The summed E-state index contributed by atoms with van der Waals surface area (Å²) in [5, 5.41) is 6.11. The van der Waals surface area contributed by atoms with Gasteiger partial charge in [-0.15, -0.1) is 0 Å². The zero-order chi connectivity index (χ0) is 22.3. The van der Waals surface area contributed by atoms with Gasteiger partial charge in [-0.2, -0.15) is 0 Å². The number of anilines is 1. The third-order valence-electron chi connectivity index (χ3n) is 4.50. The predicted octanol–water partition coefficient (Wildman–Crippen LogP) is 4.90. The first-order chi connectivity index (χ1) is 15.5. The number of para-hydroxylation sites is 1. The summed E-state index contributed by atoms with van der Waals surface area (Å²) in [5.41, 5.74) is 3.41. The van der Waals surface area contributed by atoms with Gasteiger partial charge in [0.2, 0.25) is 0 Å². The van der Waals surface area contributed by atoms with E-state index in [1.807, 2.05) is 73.7 Å². The number of aryl methyl sites for hydroxylation is 1. The maximum Gasteiger partial charge on any atom is 0.264 e. The molecule has 0 saturated carbocycles. The van der Waals surface area contributed by atoms with Gasteiger partial charge in [0.25, 0.3) is 11.8 Å². The highest BCUT2D eigenvalue weighted by Gasteiger charge is 2.23. The summed E-state index contributed by atoms with van der Waals surface area (Å²) in [7, 11) is 0. The van der Waals surface area contributed by atoms with E-state index in [-0.39, 0.29) is 18.4 Å². The van der Waals surface area contributed by atoms with Gasteiger partial charge in [0.1, 0.15) is 5.75 Å². The number of thioether (sulfide) groups is 1. The molecule has 6 nitrogen and oxygen atoms in total. The van der Waals surface area contributed by atoms with Crippen molar-refractivity contribution in [1.29, 1.82) is 0 Å². The molecule has 0 spiro atoms. The van der Waals surface area contributed by atoms with Crippen LogP contribution in [0.2, 0.25) is 0 Å². The molecule has 0 radical (unpaired) electrons. The number of amidine groups is 1. The van der Waals surface area contributed by atoms with Gasteiger partial charge in [-0.3, -0.25) is 9.59 Å². The molecule has 1 heterocycles. The highest BCUT2D eigenvalue weighted by Crippen LogP contribution is 2.28. The lowest BCUT2D eigenvalue weighted by Crippen LogP contribution is -2.20. The van der Waals surface area contributed by atoms with Gasteiger partial charge in [-0.25, -0.2) is 4.99 Å². The standard InChI is InChI=1S/C25H21N3O3S/c1-17-10-12-20(13-11-17)26-23(29)16-31-21-9-5-6-18(14-21)15-22-24(30)28-25(32-22)27-19-7-3-2-4-8-19/h2-15H,16H2,1H3,(H,26,29)(H,27,28,30). The number of aliphatic imine (C=N–C) groups is 1. The number of carbonyl (C=O) groups excluding carboxylic acids is 2. The monoisotopic (exact) mass is 443 g/mol. The van der Waals surface area contributed by atoms with Crippen LogP contribution in [0.1, 0.15) is 11.1 Å². The van der Waals surface area contributed by atoms with Gasteiger partial charge in [0, 0.05) is 5.69 Å². The molecule has 7 heteroatoms. The molecule has 1 saturated heterocycles. The number of carbonyl (C=O) groups is 2. The SMILES string of the molecule is Cc1ccc(NC(=O)COc2cccc(C=C3SC(=Nc4ccccc4)NC3=O)c2)cc1. The second kappa shape index (κ2) is 9.98. The molecule has 0 aliphatic carbocycles. The molecule has 3 aromatic rings. The van der Waals surface area contributed by atoms with Gasteiger partial charge in [-0.05, 0) is 66.7 Å². The lowest BCUT2D eigenvalue weighted by Gasteiger charge is -2.08. The van der Waals surface area contributed by atoms with E-state index in [1.54, 1.807) is 18.2 Å². The molecule has 2 N–H and O–H groups in total. The van der Waals surface area contributed by atoms with Crippen LogP contribution < -0.4 is 15.4 Å². The quantitative estimate of drug-likeness (QED) is 0.531. The van der Waals surface area contributed by atoms with Crippen LogP contribution >= 0.6 is 11.8 Å². The number of hydrogen-bond donors (Lipinski definition) is 2. The first-order valence-corrected chi connectivity index (χ1v) is 10.8. The molecule has 3 aromatic carbocycles. The van der Waals surface area contributed by atoms with E-state index >= 15 is 0 Å². The summed E-state index contributed by atoms with van der Waals surface area (Å²) >= 11 is 1.28. The first-order valence-electron chi connectivity index (χ1n) is 9.99. The zero-order valence-corrected chi connectivity index (χ0v) is 18.2. The fraction of sp³-hybridized carbons (Fsp3) is 0.0800. The number of nitrogens with zero attached hydrogens (tertiary/aromatic N) is 1. The van der Waals surface area contributed by atoms with Crippen molar-refractivity contribution in [2.45, 2.75) is 6.92 Å². The van der Waals surface area contributed by atoms with Crippen LogP contribution in [-0.4, -0.2) is 23.6 Å². The molecule has 1 aliphatic heterocycles. The Morgan fingerprint density at radius 1 is 1.06 bits per heavy atom. The number of benzene rings is 3. The Bertz CT molecular complexity index is 1190. The van der Waals surface area contributed by atoms with Gasteiger partial charge in [0.05, 0.1) is 10.6 Å². The highest BCUT2D eigenvalue weighted by molar-refractivity contribution is 8.18. The second-order valence-corrected chi connectivity index (χ2v) is 8.12. The van der Waals surface area contributed by atoms with Crippen molar-refractivity contribution < 1.29 is 14.3 Å². The van der Waals surface area contributed by atoms with E-state index in [4.69, 9.17) is 4.74 Å². The van der Waals surface area contributed by atoms with Crippen molar-refractivity contribution in [3.63, 3.8) is 0 Å². The van der Waals surface area contributed by atoms with Gasteiger partial charge < -0.3 is 15.4 Å². The van der Waals surface area contributed by atoms with Crippen LogP contribution in [0, 0.1) is 6.92 Å². The molecule has 1 fully saturated rings. The van der Waals surface area contributed by atoms with E-state index in [9.17, 15) is 9.59 Å². The van der Waals surface area contributed by atoms with Gasteiger partial charge in [0.15, 0.2) is 11.8 Å². The summed E-state index contributed by atoms with van der Waals surface area (Å²) < 4.78 is 5.62.